The van der Waals surface area contributed by atoms with Crippen LogP contribution in [-0.2, 0) is 0 Å². The Labute approximate surface area is 168 Å². The van der Waals surface area contributed by atoms with E-state index in [9.17, 15) is 0 Å². The maximum atomic E-state index is 8.74. The topological polar surface area (TPSA) is 52.6 Å². The average molecular weight is 382 g/mol. The van der Waals surface area contributed by atoms with Gasteiger partial charge in [-0.1, -0.05) is 60.3 Å². The zero-order valence-electron chi connectivity index (χ0n) is 15.4. The van der Waals surface area contributed by atoms with Crippen molar-refractivity contribution in [3.63, 3.8) is 0 Å². The largest absolute Gasteiger partial charge is 0.316 e. The summed E-state index contributed by atoms with van der Waals surface area (Å²) in [5, 5.41) is 18.9. The van der Waals surface area contributed by atoms with Crippen molar-refractivity contribution in [2.45, 2.75) is 17.7 Å². The Morgan fingerprint density at radius 2 is 1.64 bits per heavy atom. The minimum Gasteiger partial charge on any atom is -0.316 e. The van der Waals surface area contributed by atoms with Gasteiger partial charge in [0, 0.05) is 22.2 Å². The molecule has 2 N–H and O–H groups in total. The van der Waals surface area contributed by atoms with Crippen molar-refractivity contribution < 1.29 is 0 Å². The van der Waals surface area contributed by atoms with Crippen LogP contribution >= 0.6 is 11.8 Å². The molecule has 0 bridgehead atoms. The van der Waals surface area contributed by atoms with Gasteiger partial charge in [-0.2, -0.15) is 0 Å². The van der Waals surface area contributed by atoms with E-state index in [1.807, 2.05) is 36.4 Å². The first-order valence-electron chi connectivity index (χ1n) is 9.24. The number of nitrogens with one attached hydrogen (secondary N) is 2. The lowest BCUT2D eigenvalue weighted by Gasteiger charge is -2.14. The van der Waals surface area contributed by atoms with E-state index >= 15 is 0 Å². The van der Waals surface area contributed by atoms with Crippen molar-refractivity contribution in [2.24, 2.45) is 0 Å². The van der Waals surface area contributed by atoms with E-state index < -0.39 is 0 Å². The third-order valence-corrected chi connectivity index (χ3v) is 6.42. The lowest BCUT2D eigenvalue weighted by Crippen LogP contribution is -2.16. The second-order valence-corrected chi connectivity index (χ2v) is 8.18. The van der Waals surface area contributed by atoms with Crippen molar-refractivity contribution in [3.8, 4) is 5.69 Å². The number of nitrogens with zero attached hydrogens (tertiary/aromatic N) is 1. The van der Waals surface area contributed by atoms with Crippen LogP contribution in [0.1, 0.15) is 22.6 Å². The predicted octanol–water partition coefficient (Wildman–Crippen LogP) is 6.17. The molecule has 4 aromatic rings. The van der Waals surface area contributed by atoms with Crippen LogP contribution in [0, 0.1) is 17.7 Å². The van der Waals surface area contributed by atoms with E-state index in [1.165, 1.54) is 28.2 Å². The highest BCUT2D eigenvalue weighted by molar-refractivity contribution is 8.14. The summed E-state index contributed by atoms with van der Waals surface area (Å²) in [6, 6.07) is 24.6. The second-order valence-electron chi connectivity index (χ2n) is 7.10. The molecule has 136 valence electrons. The molecule has 0 aliphatic carbocycles. The fourth-order valence-electron chi connectivity index (χ4n) is 3.95. The number of aromatic nitrogens is 1. The van der Waals surface area contributed by atoms with Crippen LogP contribution in [-0.4, -0.2) is 15.3 Å². The fraction of sp³-hybridized carbons (Fsp3) is 0.0833. The van der Waals surface area contributed by atoms with Crippen molar-refractivity contribution in [1.29, 1.82) is 10.8 Å². The first-order valence-corrected chi connectivity index (χ1v) is 10.1. The minimum absolute atomic E-state index is 0.262. The summed E-state index contributed by atoms with van der Waals surface area (Å²) in [5.74, 6) is -0.262. The molecule has 5 rings (SSSR count). The van der Waals surface area contributed by atoms with Crippen LogP contribution in [0.15, 0.2) is 83.9 Å². The van der Waals surface area contributed by atoms with Crippen LogP contribution in [0.4, 0.5) is 0 Å². The molecule has 1 aromatic heterocycles. The van der Waals surface area contributed by atoms with Gasteiger partial charge in [-0.3, -0.25) is 5.41 Å². The number of thioether (sulfide) groups is 1. The Morgan fingerprint density at radius 1 is 0.929 bits per heavy atom. The molecule has 2 heterocycles. The summed E-state index contributed by atoms with van der Waals surface area (Å²) >= 11 is 1.46. The number of rotatable bonds is 3. The average Bonchev–Trinajstić information content (AvgIpc) is 3.24. The molecular formula is C24H19N3S. The van der Waals surface area contributed by atoms with E-state index in [0.717, 1.165) is 21.7 Å². The Hall–Kier alpha value is -3.11. The van der Waals surface area contributed by atoms with Gasteiger partial charge in [0.05, 0.1) is 22.2 Å². The second kappa shape index (κ2) is 6.50. The SMILES string of the molecule is Cc1cn(-c2ccc(C(=N)C3C(=N)Sc4ccccc43)cc2)c2ccccc12. The third kappa shape index (κ3) is 2.60. The lowest BCUT2D eigenvalue weighted by atomic mass is 9.91. The minimum atomic E-state index is -0.262. The van der Waals surface area contributed by atoms with Gasteiger partial charge in [-0.15, -0.1) is 0 Å². The molecule has 0 saturated heterocycles. The van der Waals surface area contributed by atoms with Gasteiger partial charge in [0.25, 0.3) is 0 Å². The number of hydrogen-bond donors (Lipinski definition) is 2. The summed E-state index contributed by atoms with van der Waals surface area (Å²) in [7, 11) is 0. The van der Waals surface area contributed by atoms with Crippen molar-refractivity contribution in [2.75, 3.05) is 0 Å². The molecule has 1 aliphatic heterocycles. The highest BCUT2D eigenvalue weighted by Crippen LogP contribution is 2.42. The van der Waals surface area contributed by atoms with Gasteiger partial charge in [0.2, 0.25) is 0 Å². The van der Waals surface area contributed by atoms with Gasteiger partial charge in [0.15, 0.2) is 0 Å². The van der Waals surface area contributed by atoms with E-state index in [-0.39, 0.29) is 5.92 Å². The van der Waals surface area contributed by atoms with Crippen molar-refractivity contribution in [1.82, 2.24) is 4.57 Å². The normalized spacial score (nSPS) is 15.8. The van der Waals surface area contributed by atoms with E-state index in [1.54, 1.807) is 0 Å². The van der Waals surface area contributed by atoms with Gasteiger partial charge in [0.1, 0.15) is 0 Å². The summed E-state index contributed by atoms with van der Waals surface area (Å²) in [6.45, 7) is 2.13. The first kappa shape index (κ1) is 17.0. The van der Waals surface area contributed by atoms with Gasteiger partial charge in [-0.25, -0.2) is 0 Å². The lowest BCUT2D eigenvalue weighted by molar-refractivity contribution is 1.11. The number of para-hydroxylation sites is 1. The quantitative estimate of drug-likeness (QED) is 0.409. The Bertz CT molecular complexity index is 1230. The summed E-state index contributed by atoms with van der Waals surface area (Å²) in [5.41, 5.74) is 5.94. The zero-order chi connectivity index (χ0) is 19.3. The Balaban J connectivity index is 1.50. The molecule has 0 radical (unpaired) electrons. The molecule has 0 amide bonds. The van der Waals surface area contributed by atoms with Crippen LogP contribution in [0.2, 0.25) is 0 Å². The van der Waals surface area contributed by atoms with Crippen molar-refractivity contribution in [3.05, 3.63) is 95.7 Å². The third-order valence-electron chi connectivity index (χ3n) is 5.37. The van der Waals surface area contributed by atoms with E-state index in [0.29, 0.717) is 10.8 Å². The van der Waals surface area contributed by atoms with Crippen LogP contribution in [0.5, 0.6) is 0 Å². The molecule has 4 heteroatoms. The fourth-order valence-corrected chi connectivity index (χ4v) is 5.00. The van der Waals surface area contributed by atoms with E-state index in [4.69, 9.17) is 10.8 Å². The number of aryl methyl sites for hydroxylation is 1. The molecule has 0 fully saturated rings. The standard InChI is InChI=1S/C24H19N3S/c1-15-14-27(20-8-4-2-6-18(15)20)17-12-10-16(11-13-17)23(25)22-19-7-3-5-9-21(19)28-24(22)26/h2-14,22,25-26H,1H3. The molecule has 3 nitrogen and oxygen atoms in total. The zero-order valence-corrected chi connectivity index (χ0v) is 16.3. The monoisotopic (exact) mass is 381 g/mol. The number of benzene rings is 3. The molecule has 3 aromatic carbocycles. The molecule has 1 atom stereocenters. The van der Waals surface area contributed by atoms with Crippen LogP contribution in [0.25, 0.3) is 16.6 Å². The first-order chi connectivity index (χ1) is 13.6. The van der Waals surface area contributed by atoms with E-state index in [2.05, 4.69) is 54.1 Å². The van der Waals surface area contributed by atoms with Crippen LogP contribution in [0.3, 0.4) is 0 Å². The van der Waals surface area contributed by atoms with Crippen LogP contribution < -0.4 is 0 Å². The molecule has 0 saturated carbocycles. The summed E-state index contributed by atoms with van der Waals surface area (Å²) < 4.78 is 2.20. The molecule has 1 unspecified atom stereocenters. The Kier molecular flexibility index (Phi) is 3.95. The highest BCUT2D eigenvalue weighted by atomic mass is 32.2. The molecular weight excluding hydrogens is 362 g/mol. The summed E-state index contributed by atoms with van der Waals surface area (Å²) in [6.07, 6.45) is 2.16. The molecule has 1 aliphatic rings. The highest BCUT2D eigenvalue weighted by Gasteiger charge is 2.32. The maximum absolute atomic E-state index is 8.74. The molecule has 28 heavy (non-hydrogen) atoms. The predicted molar refractivity (Wildman–Crippen MR) is 118 cm³/mol. The number of fused-ring (bicyclic) bond motifs is 2. The smallest absolute Gasteiger partial charge is 0.0824 e. The van der Waals surface area contributed by atoms with Gasteiger partial charge >= 0.3 is 0 Å². The van der Waals surface area contributed by atoms with Crippen molar-refractivity contribution >= 4 is 33.4 Å². The maximum Gasteiger partial charge on any atom is 0.0824 e. The van der Waals surface area contributed by atoms with Gasteiger partial charge in [-0.05, 0) is 47.9 Å². The Morgan fingerprint density at radius 3 is 2.46 bits per heavy atom. The van der Waals surface area contributed by atoms with Gasteiger partial charge < -0.3 is 9.98 Å². The summed E-state index contributed by atoms with van der Waals surface area (Å²) in [4.78, 5) is 1.09. The molecule has 0 spiro atoms. The number of hydrogen-bond acceptors (Lipinski definition) is 3.